The summed E-state index contributed by atoms with van der Waals surface area (Å²) in [5, 5.41) is 0. The Bertz CT molecular complexity index is 1000. The largest absolute Gasteiger partial charge is 0.135 e. The van der Waals surface area contributed by atoms with Gasteiger partial charge in [0.15, 0.2) is 0 Å². The van der Waals surface area contributed by atoms with Gasteiger partial charge in [0.1, 0.15) is 0 Å². The van der Waals surface area contributed by atoms with E-state index in [4.69, 9.17) is 0 Å². The van der Waals surface area contributed by atoms with E-state index in [0.29, 0.717) is 0 Å². The van der Waals surface area contributed by atoms with Crippen molar-refractivity contribution in [1.82, 2.24) is 0 Å². The lowest BCUT2D eigenvalue weighted by atomic mass is 9.86. The molecule has 0 saturated heterocycles. The van der Waals surface area contributed by atoms with Gasteiger partial charge in [-0.1, -0.05) is 0 Å². The van der Waals surface area contributed by atoms with E-state index in [1.54, 1.807) is 0 Å². The van der Waals surface area contributed by atoms with Gasteiger partial charge in [-0.2, -0.15) is 0 Å². The van der Waals surface area contributed by atoms with Crippen molar-refractivity contribution in [3.63, 3.8) is 0 Å². The predicted octanol–water partition coefficient (Wildman–Crippen LogP) is 8.78. The van der Waals surface area contributed by atoms with Crippen LogP contribution in [0.2, 0.25) is 0 Å². The first kappa shape index (κ1) is 21.8. The zero-order valence-electron chi connectivity index (χ0n) is 20.4. The molecule has 1 aromatic heterocycles. The quantitative estimate of drug-likeness (QED) is 0.400. The van der Waals surface area contributed by atoms with Gasteiger partial charge in [-0.25, -0.2) is 0 Å². The fraction of sp³-hybridized carbons (Fsp3) is 0.429. The van der Waals surface area contributed by atoms with E-state index < -0.39 is 0 Å². The third-order valence-electron chi connectivity index (χ3n) is 7.90. The summed E-state index contributed by atoms with van der Waals surface area (Å²) in [5.74, 6) is 0. The van der Waals surface area contributed by atoms with Crippen LogP contribution in [0.4, 0.5) is 0 Å². The normalized spacial score (nSPS) is 11.4. The van der Waals surface area contributed by atoms with Crippen molar-refractivity contribution >= 4 is 11.3 Å². The van der Waals surface area contributed by atoms with Gasteiger partial charge < -0.3 is 0 Å². The molecule has 0 radical (unpaired) electrons. The van der Waals surface area contributed by atoms with E-state index >= 15 is 0 Å². The Morgan fingerprint density at radius 1 is 0.276 bits per heavy atom. The summed E-state index contributed by atoms with van der Waals surface area (Å²) in [4.78, 5) is 2.90. The summed E-state index contributed by atoms with van der Waals surface area (Å²) in [5.41, 5.74) is 20.1. The van der Waals surface area contributed by atoms with Gasteiger partial charge in [0.05, 0.1) is 0 Å². The molecule has 1 heteroatoms. The smallest absolute Gasteiger partial charge is 0.0386 e. The SMILES string of the molecule is Cc1c(-c2c(C)c(C)c(C)c(C)c2C)sc(-c2c(C)c(C)c(C)c(C)c2C)c1C. The predicted molar refractivity (Wildman–Crippen MR) is 132 cm³/mol. The number of thiophene rings is 1. The average molecular weight is 405 g/mol. The minimum Gasteiger partial charge on any atom is -0.135 e. The Labute approximate surface area is 182 Å². The first-order valence-electron chi connectivity index (χ1n) is 10.7. The second-order valence-corrected chi connectivity index (χ2v) is 10.0. The maximum Gasteiger partial charge on any atom is 0.0386 e. The molecule has 3 rings (SSSR count). The molecule has 0 unspecified atom stereocenters. The van der Waals surface area contributed by atoms with Gasteiger partial charge in [0, 0.05) is 9.75 Å². The Hall–Kier alpha value is -1.86. The molecule has 154 valence electrons. The molecule has 0 bridgehead atoms. The van der Waals surface area contributed by atoms with Crippen molar-refractivity contribution in [2.45, 2.75) is 83.1 Å². The molecule has 0 fully saturated rings. The minimum atomic E-state index is 1.43. The van der Waals surface area contributed by atoms with Crippen molar-refractivity contribution in [3.8, 4) is 20.9 Å². The summed E-state index contributed by atoms with van der Waals surface area (Å²) >= 11 is 2.00. The zero-order valence-corrected chi connectivity index (χ0v) is 21.2. The summed E-state index contributed by atoms with van der Waals surface area (Å²) in [7, 11) is 0. The monoisotopic (exact) mass is 404 g/mol. The van der Waals surface area contributed by atoms with Crippen molar-refractivity contribution in [2.75, 3.05) is 0 Å². The van der Waals surface area contributed by atoms with Crippen LogP contribution in [0.1, 0.15) is 66.8 Å². The van der Waals surface area contributed by atoms with Crippen LogP contribution in [-0.2, 0) is 0 Å². The lowest BCUT2D eigenvalue weighted by molar-refractivity contribution is 1.18. The maximum atomic E-state index is 2.31. The van der Waals surface area contributed by atoms with Crippen molar-refractivity contribution in [1.29, 1.82) is 0 Å². The Balaban J connectivity index is 2.40. The van der Waals surface area contributed by atoms with E-state index in [9.17, 15) is 0 Å². The zero-order chi connectivity index (χ0) is 21.9. The molecule has 0 amide bonds. The molecular weight excluding hydrogens is 368 g/mol. The third-order valence-corrected chi connectivity index (χ3v) is 9.33. The molecular formula is C28H36S. The molecule has 0 saturated carbocycles. The van der Waals surface area contributed by atoms with Crippen LogP contribution in [0.25, 0.3) is 20.9 Å². The van der Waals surface area contributed by atoms with Gasteiger partial charge >= 0.3 is 0 Å². The highest BCUT2D eigenvalue weighted by Gasteiger charge is 2.23. The van der Waals surface area contributed by atoms with Crippen LogP contribution in [0.3, 0.4) is 0 Å². The Kier molecular flexibility index (Phi) is 5.60. The van der Waals surface area contributed by atoms with Crippen molar-refractivity contribution < 1.29 is 0 Å². The Morgan fingerprint density at radius 2 is 0.483 bits per heavy atom. The van der Waals surface area contributed by atoms with E-state index in [-0.39, 0.29) is 0 Å². The second-order valence-electron chi connectivity index (χ2n) is 9.01. The van der Waals surface area contributed by atoms with Crippen molar-refractivity contribution in [3.05, 3.63) is 66.8 Å². The van der Waals surface area contributed by atoms with Crippen LogP contribution >= 0.6 is 11.3 Å². The van der Waals surface area contributed by atoms with Crippen LogP contribution < -0.4 is 0 Å². The highest BCUT2D eigenvalue weighted by Crippen LogP contribution is 2.47. The fourth-order valence-electron chi connectivity index (χ4n) is 4.75. The standard InChI is InChI=1S/C28H36S/c1-13-15(3)19(7)25(20(8)16(13)4)27-23(11)24(12)28(29-27)26-21(9)17(5)14(2)18(6)22(26)10/h1-12H3. The first-order valence-corrected chi connectivity index (χ1v) is 11.5. The van der Waals surface area contributed by atoms with Crippen molar-refractivity contribution in [2.24, 2.45) is 0 Å². The minimum absolute atomic E-state index is 1.43. The summed E-state index contributed by atoms with van der Waals surface area (Å²) in [6.07, 6.45) is 0. The first-order chi connectivity index (χ1) is 13.4. The van der Waals surface area contributed by atoms with E-state index in [1.165, 1.54) is 87.6 Å². The summed E-state index contributed by atoms with van der Waals surface area (Å²) < 4.78 is 0. The number of rotatable bonds is 2. The molecule has 0 aliphatic rings. The van der Waals surface area contributed by atoms with Crippen LogP contribution in [-0.4, -0.2) is 0 Å². The van der Waals surface area contributed by atoms with Gasteiger partial charge in [-0.05, 0) is 161 Å². The topological polar surface area (TPSA) is 0 Å². The van der Waals surface area contributed by atoms with Gasteiger partial charge in [-0.3, -0.25) is 0 Å². The lowest BCUT2D eigenvalue weighted by Gasteiger charge is -2.19. The van der Waals surface area contributed by atoms with Crippen LogP contribution in [0, 0.1) is 83.1 Å². The molecule has 0 atom stereocenters. The average Bonchev–Trinajstić information content (AvgIpc) is 2.97. The molecule has 3 aromatic rings. The molecule has 0 spiro atoms. The fourth-order valence-corrected chi connectivity index (χ4v) is 6.39. The van der Waals surface area contributed by atoms with E-state index in [2.05, 4.69) is 83.1 Å². The third kappa shape index (κ3) is 3.10. The highest BCUT2D eigenvalue weighted by atomic mass is 32.1. The van der Waals surface area contributed by atoms with Crippen LogP contribution in [0.15, 0.2) is 0 Å². The molecule has 2 aromatic carbocycles. The molecule has 0 nitrogen and oxygen atoms in total. The summed E-state index contributed by atoms with van der Waals surface area (Å²) in [6, 6.07) is 0. The van der Waals surface area contributed by atoms with Gasteiger partial charge in [-0.15, -0.1) is 11.3 Å². The highest BCUT2D eigenvalue weighted by molar-refractivity contribution is 7.19. The second kappa shape index (κ2) is 7.43. The maximum absolute atomic E-state index is 2.31. The molecule has 1 heterocycles. The molecule has 0 N–H and O–H groups in total. The molecule has 0 aliphatic heterocycles. The van der Waals surface area contributed by atoms with Gasteiger partial charge in [0.2, 0.25) is 0 Å². The van der Waals surface area contributed by atoms with E-state index in [1.807, 2.05) is 11.3 Å². The Morgan fingerprint density at radius 3 is 0.724 bits per heavy atom. The summed E-state index contributed by atoms with van der Waals surface area (Å²) in [6.45, 7) is 27.5. The number of hydrogen-bond acceptors (Lipinski definition) is 1. The van der Waals surface area contributed by atoms with E-state index in [0.717, 1.165) is 0 Å². The number of benzene rings is 2. The number of hydrogen-bond donors (Lipinski definition) is 0. The van der Waals surface area contributed by atoms with Gasteiger partial charge in [0.25, 0.3) is 0 Å². The molecule has 29 heavy (non-hydrogen) atoms. The van der Waals surface area contributed by atoms with Crippen LogP contribution in [0.5, 0.6) is 0 Å². The molecule has 0 aliphatic carbocycles. The lowest BCUT2D eigenvalue weighted by Crippen LogP contribution is -1.99.